The van der Waals surface area contributed by atoms with Crippen molar-refractivity contribution < 1.29 is 14.0 Å². The molecular formula is C27H34FN3O2. The molecule has 0 saturated heterocycles. The average molecular weight is 452 g/mol. The fourth-order valence-corrected chi connectivity index (χ4v) is 4.90. The van der Waals surface area contributed by atoms with E-state index < -0.39 is 11.5 Å². The normalized spacial score (nSPS) is 18.2. The fourth-order valence-electron chi connectivity index (χ4n) is 4.90. The van der Waals surface area contributed by atoms with Gasteiger partial charge in [0.1, 0.15) is 11.9 Å². The van der Waals surface area contributed by atoms with Gasteiger partial charge in [-0.15, -0.1) is 0 Å². The molecule has 4 rings (SSSR count). The number of anilines is 1. The van der Waals surface area contributed by atoms with E-state index in [4.69, 9.17) is 0 Å². The van der Waals surface area contributed by atoms with E-state index in [2.05, 4.69) is 16.0 Å². The lowest BCUT2D eigenvalue weighted by Gasteiger charge is -2.28. The molecule has 0 radical (unpaired) electrons. The van der Waals surface area contributed by atoms with Crippen molar-refractivity contribution in [2.24, 2.45) is 5.92 Å². The molecule has 0 aromatic heterocycles. The minimum absolute atomic E-state index is 0.0332. The van der Waals surface area contributed by atoms with Crippen LogP contribution in [0.2, 0.25) is 0 Å². The van der Waals surface area contributed by atoms with Crippen LogP contribution in [-0.4, -0.2) is 30.9 Å². The predicted octanol–water partition coefficient (Wildman–Crippen LogP) is 4.54. The van der Waals surface area contributed by atoms with Gasteiger partial charge in [-0.2, -0.15) is 0 Å². The van der Waals surface area contributed by atoms with Crippen LogP contribution in [0, 0.1) is 11.7 Å². The smallest absolute Gasteiger partial charge is 0.242 e. The highest BCUT2D eigenvalue weighted by molar-refractivity contribution is 5.95. The Morgan fingerprint density at radius 3 is 2.30 bits per heavy atom. The first kappa shape index (κ1) is 23.3. The van der Waals surface area contributed by atoms with Gasteiger partial charge in [-0.1, -0.05) is 62.4 Å². The predicted molar refractivity (Wildman–Crippen MR) is 128 cm³/mol. The molecule has 6 heteroatoms. The molecule has 33 heavy (non-hydrogen) atoms. The lowest BCUT2D eigenvalue weighted by Crippen LogP contribution is -2.51. The monoisotopic (exact) mass is 451 g/mol. The Morgan fingerprint density at radius 1 is 0.939 bits per heavy atom. The SMILES string of the molecule is O=C(NCCNc1ccc(F)cc1)[C@H](CC1CCCCC1)NC(=O)C1(c2ccccc2)CC1. The van der Waals surface area contributed by atoms with E-state index in [1.807, 2.05) is 30.3 Å². The lowest BCUT2D eigenvalue weighted by molar-refractivity contribution is -0.130. The van der Waals surface area contributed by atoms with Gasteiger partial charge in [0.25, 0.3) is 0 Å². The van der Waals surface area contributed by atoms with Crippen molar-refractivity contribution in [3.63, 3.8) is 0 Å². The largest absolute Gasteiger partial charge is 0.383 e. The molecular weight excluding hydrogens is 417 g/mol. The van der Waals surface area contributed by atoms with Gasteiger partial charge in [-0.25, -0.2) is 4.39 Å². The first-order chi connectivity index (χ1) is 16.1. The third-order valence-corrected chi connectivity index (χ3v) is 7.02. The van der Waals surface area contributed by atoms with Crippen molar-refractivity contribution in [1.82, 2.24) is 10.6 Å². The van der Waals surface area contributed by atoms with Crippen molar-refractivity contribution in [1.29, 1.82) is 0 Å². The summed E-state index contributed by atoms with van der Waals surface area (Å²) < 4.78 is 13.0. The fraction of sp³-hybridized carbons (Fsp3) is 0.481. The van der Waals surface area contributed by atoms with Gasteiger partial charge in [0, 0.05) is 18.8 Å². The number of carbonyl (C=O) groups is 2. The zero-order valence-corrected chi connectivity index (χ0v) is 19.1. The van der Waals surface area contributed by atoms with Crippen molar-refractivity contribution in [3.05, 3.63) is 66.0 Å². The van der Waals surface area contributed by atoms with Crippen molar-refractivity contribution in [2.75, 3.05) is 18.4 Å². The lowest BCUT2D eigenvalue weighted by atomic mass is 9.84. The molecule has 2 fully saturated rings. The number of halogens is 1. The van der Waals surface area contributed by atoms with Gasteiger partial charge in [0.2, 0.25) is 11.8 Å². The molecule has 2 amide bonds. The highest BCUT2D eigenvalue weighted by Gasteiger charge is 2.51. The van der Waals surface area contributed by atoms with Gasteiger partial charge < -0.3 is 16.0 Å². The molecule has 2 saturated carbocycles. The quantitative estimate of drug-likeness (QED) is 0.465. The Kier molecular flexibility index (Phi) is 7.63. The van der Waals surface area contributed by atoms with Crippen LogP contribution in [0.25, 0.3) is 0 Å². The first-order valence-electron chi connectivity index (χ1n) is 12.2. The van der Waals surface area contributed by atoms with E-state index in [1.165, 1.54) is 31.4 Å². The second-order valence-electron chi connectivity index (χ2n) is 9.44. The highest BCUT2D eigenvalue weighted by atomic mass is 19.1. The van der Waals surface area contributed by atoms with E-state index >= 15 is 0 Å². The molecule has 3 N–H and O–H groups in total. The number of hydrogen-bond donors (Lipinski definition) is 3. The average Bonchev–Trinajstić information content (AvgIpc) is 3.66. The van der Waals surface area contributed by atoms with Crippen molar-refractivity contribution >= 4 is 17.5 Å². The Hall–Kier alpha value is -2.89. The van der Waals surface area contributed by atoms with E-state index in [0.717, 1.165) is 36.9 Å². The second-order valence-corrected chi connectivity index (χ2v) is 9.44. The van der Waals surface area contributed by atoms with Crippen LogP contribution >= 0.6 is 0 Å². The number of hydrogen-bond acceptors (Lipinski definition) is 3. The standard InChI is InChI=1S/C27H34FN3O2/c28-22-11-13-23(14-12-22)29-17-18-30-25(32)24(19-20-7-3-1-4-8-20)31-26(33)27(15-16-27)21-9-5-2-6-10-21/h2,5-6,9-14,20,24,29H,1,3-4,7-8,15-19H2,(H,30,32)(H,31,33)/t24-/m0/s1. The molecule has 2 aliphatic carbocycles. The van der Waals surface area contributed by atoms with Crippen molar-refractivity contribution in [3.8, 4) is 0 Å². The molecule has 176 valence electrons. The summed E-state index contributed by atoms with van der Waals surface area (Å²) in [4.78, 5) is 26.4. The summed E-state index contributed by atoms with van der Waals surface area (Å²) in [5.41, 5.74) is 1.34. The van der Waals surface area contributed by atoms with Gasteiger partial charge in [-0.05, 0) is 55.0 Å². The van der Waals surface area contributed by atoms with Crippen LogP contribution < -0.4 is 16.0 Å². The summed E-state index contributed by atoms with van der Waals surface area (Å²) in [6.45, 7) is 0.951. The molecule has 1 atom stereocenters. The molecule has 2 aromatic rings. The highest BCUT2D eigenvalue weighted by Crippen LogP contribution is 2.48. The molecule has 0 unspecified atom stereocenters. The zero-order valence-electron chi connectivity index (χ0n) is 19.1. The van der Waals surface area contributed by atoms with Crippen LogP contribution in [0.5, 0.6) is 0 Å². The zero-order chi connectivity index (χ0) is 23.1. The summed E-state index contributed by atoms with van der Waals surface area (Å²) in [6.07, 6.45) is 8.22. The van der Waals surface area contributed by atoms with Crippen LogP contribution in [0.4, 0.5) is 10.1 Å². The summed E-state index contributed by atoms with van der Waals surface area (Å²) in [6, 6.07) is 15.5. The number of amides is 2. The summed E-state index contributed by atoms with van der Waals surface area (Å²) in [5, 5.41) is 9.27. The maximum atomic E-state index is 13.3. The Morgan fingerprint density at radius 2 is 1.64 bits per heavy atom. The molecule has 0 bridgehead atoms. The van der Waals surface area contributed by atoms with E-state index in [-0.39, 0.29) is 17.6 Å². The van der Waals surface area contributed by atoms with E-state index in [0.29, 0.717) is 25.4 Å². The third kappa shape index (κ3) is 6.12. The maximum absolute atomic E-state index is 13.3. The van der Waals surface area contributed by atoms with Crippen molar-refractivity contribution in [2.45, 2.75) is 62.8 Å². The van der Waals surface area contributed by atoms with E-state index in [9.17, 15) is 14.0 Å². The molecule has 0 aliphatic heterocycles. The summed E-state index contributed by atoms with van der Waals surface area (Å²) >= 11 is 0. The van der Waals surface area contributed by atoms with E-state index in [1.54, 1.807) is 12.1 Å². The topological polar surface area (TPSA) is 70.2 Å². The molecule has 5 nitrogen and oxygen atoms in total. The summed E-state index contributed by atoms with van der Waals surface area (Å²) in [5.74, 6) is 0.0332. The summed E-state index contributed by atoms with van der Waals surface area (Å²) in [7, 11) is 0. The van der Waals surface area contributed by atoms with Gasteiger partial charge in [-0.3, -0.25) is 9.59 Å². The Bertz CT molecular complexity index is 922. The molecule has 2 aliphatic rings. The maximum Gasteiger partial charge on any atom is 0.242 e. The Balaban J connectivity index is 1.34. The van der Waals surface area contributed by atoms with Gasteiger partial charge >= 0.3 is 0 Å². The number of carbonyl (C=O) groups excluding carboxylic acids is 2. The Labute approximate surface area is 195 Å². The molecule has 0 heterocycles. The number of nitrogens with one attached hydrogen (secondary N) is 3. The third-order valence-electron chi connectivity index (χ3n) is 7.02. The molecule has 0 spiro atoms. The van der Waals surface area contributed by atoms with Crippen LogP contribution in [-0.2, 0) is 15.0 Å². The molecule has 2 aromatic carbocycles. The minimum atomic E-state index is -0.521. The first-order valence-corrected chi connectivity index (χ1v) is 12.2. The van der Waals surface area contributed by atoms with Gasteiger partial charge in [0.15, 0.2) is 0 Å². The number of rotatable bonds is 10. The van der Waals surface area contributed by atoms with Crippen LogP contribution in [0.1, 0.15) is 56.9 Å². The number of benzene rings is 2. The second kappa shape index (κ2) is 10.8. The minimum Gasteiger partial charge on any atom is -0.383 e. The van der Waals surface area contributed by atoms with Crippen LogP contribution in [0.15, 0.2) is 54.6 Å². The van der Waals surface area contributed by atoms with Gasteiger partial charge in [0.05, 0.1) is 5.41 Å². The van der Waals surface area contributed by atoms with Crippen LogP contribution in [0.3, 0.4) is 0 Å².